The highest BCUT2D eigenvalue weighted by Crippen LogP contribution is 2.39. The molecule has 2 heterocycles. The van der Waals surface area contributed by atoms with Crippen LogP contribution < -0.4 is 0 Å². The monoisotopic (exact) mass is 143 g/mol. The van der Waals surface area contributed by atoms with Crippen molar-refractivity contribution < 1.29 is 4.79 Å². The van der Waals surface area contributed by atoms with E-state index < -0.39 is 0 Å². The van der Waals surface area contributed by atoms with E-state index in [0.29, 0.717) is 16.5 Å². The van der Waals surface area contributed by atoms with Crippen LogP contribution in [0.1, 0.15) is 13.3 Å². The second-order valence-electron chi connectivity index (χ2n) is 2.65. The minimum atomic E-state index is 0.344. The average molecular weight is 143 g/mol. The molecule has 1 amide bonds. The molecule has 0 N–H and O–H groups in total. The van der Waals surface area contributed by atoms with Gasteiger partial charge in [0.2, 0.25) is 5.91 Å². The van der Waals surface area contributed by atoms with Gasteiger partial charge in [-0.3, -0.25) is 4.79 Å². The molecule has 2 saturated heterocycles. The fourth-order valence-electron chi connectivity index (χ4n) is 1.35. The highest BCUT2D eigenvalue weighted by molar-refractivity contribution is 8.00. The van der Waals surface area contributed by atoms with E-state index in [-0.39, 0.29) is 0 Å². The van der Waals surface area contributed by atoms with Gasteiger partial charge in [-0.05, 0) is 0 Å². The lowest BCUT2D eigenvalue weighted by atomic mass is 10.2. The molecule has 2 atom stereocenters. The largest absolute Gasteiger partial charge is 0.329 e. The standard InChI is InChI=1S/C6H9NOS/c1-4-3-7-5(8)2-6(7)9-4/h4,6H,2-3H2,1H3/t4?,6-/m0/s1. The Balaban J connectivity index is 2.08. The molecule has 50 valence electrons. The maximum atomic E-state index is 10.8. The molecule has 1 unspecified atom stereocenters. The van der Waals surface area contributed by atoms with E-state index in [4.69, 9.17) is 0 Å². The molecule has 2 aliphatic heterocycles. The van der Waals surface area contributed by atoms with E-state index in [1.54, 1.807) is 0 Å². The molecule has 9 heavy (non-hydrogen) atoms. The maximum Gasteiger partial charge on any atom is 0.226 e. The van der Waals surface area contributed by atoms with Gasteiger partial charge in [0.15, 0.2) is 0 Å². The number of rotatable bonds is 0. The molecule has 2 rings (SSSR count). The highest BCUT2D eigenvalue weighted by Gasteiger charge is 2.42. The molecule has 0 aliphatic carbocycles. The lowest BCUT2D eigenvalue weighted by Crippen LogP contribution is -2.47. The Morgan fingerprint density at radius 3 is 3.00 bits per heavy atom. The maximum absolute atomic E-state index is 10.8. The van der Waals surface area contributed by atoms with Gasteiger partial charge in [0.1, 0.15) is 0 Å². The summed E-state index contributed by atoms with van der Waals surface area (Å²) in [5, 5.41) is 1.22. The normalized spacial score (nSPS) is 40.6. The molecule has 2 fully saturated rings. The third-order valence-electron chi connectivity index (χ3n) is 1.86. The summed E-state index contributed by atoms with van der Waals surface area (Å²) in [5.74, 6) is 0.344. The van der Waals surface area contributed by atoms with Crippen molar-refractivity contribution in [2.75, 3.05) is 6.54 Å². The van der Waals surface area contributed by atoms with Gasteiger partial charge in [-0.15, -0.1) is 11.8 Å². The topological polar surface area (TPSA) is 20.3 Å². The number of carbonyl (C=O) groups is 1. The van der Waals surface area contributed by atoms with Crippen LogP contribution in [0.25, 0.3) is 0 Å². The minimum Gasteiger partial charge on any atom is -0.329 e. The number of amides is 1. The zero-order valence-electron chi connectivity index (χ0n) is 5.33. The van der Waals surface area contributed by atoms with Crippen molar-refractivity contribution in [1.82, 2.24) is 4.90 Å². The van der Waals surface area contributed by atoms with Crippen LogP contribution in [0.3, 0.4) is 0 Å². The van der Waals surface area contributed by atoms with E-state index in [1.807, 2.05) is 16.7 Å². The molecule has 2 aliphatic rings. The van der Waals surface area contributed by atoms with E-state index in [2.05, 4.69) is 6.92 Å². The van der Waals surface area contributed by atoms with Crippen molar-refractivity contribution in [2.24, 2.45) is 0 Å². The van der Waals surface area contributed by atoms with Gasteiger partial charge in [-0.25, -0.2) is 0 Å². The summed E-state index contributed by atoms with van der Waals surface area (Å²) in [5.41, 5.74) is 0. The van der Waals surface area contributed by atoms with E-state index >= 15 is 0 Å². The predicted octanol–water partition coefficient (Wildman–Crippen LogP) is 0.680. The van der Waals surface area contributed by atoms with Crippen LogP contribution >= 0.6 is 11.8 Å². The van der Waals surface area contributed by atoms with Crippen LogP contribution in [-0.4, -0.2) is 28.0 Å². The molecule has 0 aromatic carbocycles. The van der Waals surface area contributed by atoms with Gasteiger partial charge in [0.05, 0.1) is 11.8 Å². The Kier molecular flexibility index (Phi) is 1.03. The summed E-state index contributed by atoms with van der Waals surface area (Å²) < 4.78 is 0. The predicted molar refractivity (Wildman–Crippen MR) is 37.2 cm³/mol. The number of thioether (sulfide) groups is 1. The van der Waals surface area contributed by atoms with Crippen molar-refractivity contribution in [2.45, 2.75) is 24.0 Å². The number of β-lactam (4-membered cyclic amide) rings is 1. The lowest BCUT2D eigenvalue weighted by molar-refractivity contribution is -0.140. The molecule has 0 aromatic heterocycles. The van der Waals surface area contributed by atoms with Gasteiger partial charge in [0, 0.05) is 11.8 Å². The minimum absolute atomic E-state index is 0.344. The van der Waals surface area contributed by atoms with E-state index in [1.165, 1.54) is 0 Å². The van der Waals surface area contributed by atoms with Crippen molar-refractivity contribution in [3.63, 3.8) is 0 Å². The quantitative estimate of drug-likeness (QED) is 0.465. The van der Waals surface area contributed by atoms with Crippen LogP contribution in [0.5, 0.6) is 0 Å². The Morgan fingerprint density at radius 1 is 1.78 bits per heavy atom. The van der Waals surface area contributed by atoms with Crippen LogP contribution in [-0.2, 0) is 4.79 Å². The third kappa shape index (κ3) is 0.674. The highest BCUT2D eigenvalue weighted by atomic mass is 32.2. The van der Waals surface area contributed by atoms with Crippen molar-refractivity contribution in [1.29, 1.82) is 0 Å². The van der Waals surface area contributed by atoms with Crippen LogP contribution in [0, 0.1) is 0 Å². The molecule has 0 radical (unpaired) electrons. The number of hydrogen-bond donors (Lipinski definition) is 0. The van der Waals surface area contributed by atoms with Crippen molar-refractivity contribution in [3.05, 3.63) is 0 Å². The zero-order valence-corrected chi connectivity index (χ0v) is 6.15. The summed E-state index contributed by atoms with van der Waals surface area (Å²) in [4.78, 5) is 12.7. The molecule has 0 bridgehead atoms. The van der Waals surface area contributed by atoms with Crippen molar-refractivity contribution >= 4 is 17.7 Å². The lowest BCUT2D eigenvalue weighted by Gasteiger charge is -2.32. The summed E-state index contributed by atoms with van der Waals surface area (Å²) in [6, 6.07) is 0. The molecule has 3 heteroatoms. The van der Waals surface area contributed by atoms with Gasteiger partial charge < -0.3 is 4.90 Å². The first-order valence-electron chi connectivity index (χ1n) is 3.22. The third-order valence-corrected chi connectivity index (χ3v) is 3.21. The van der Waals surface area contributed by atoms with Gasteiger partial charge in [0.25, 0.3) is 0 Å². The fraction of sp³-hybridized carbons (Fsp3) is 0.833. The smallest absolute Gasteiger partial charge is 0.226 e. The second-order valence-corrected chi connectivity index (χ2v) is 4.27. The second kappa shape index (κ2) is 1.66. The molecular formula is C6H9NOS. The van der Waals surface area contributed by atoms with Gasteiger partial charge in [-0.1, -0.05) is 6.92 Å². The molecule has 0 saturated carbocycles. The van der Waals surface area contributed by atoms with Crippen LogP contribution in [0.2, 0.25) is 0 Å². The van der Waals surface area contributed by atoms with Gasteiger partial charge >= 0.3 is 0 Å². The Bertz CT molecular complexity index is 159. The van der Waals surface area contributed by atoms with Crippen molar-refractivity contribution in [3.8, 4) is 0 Å². The number of hydrogen-bond acceptors (Lipinski definition) is 2. The summed E-state index contributed by atoms with van der Waals surface area (Å²) in [6.07, 6.45) is 0.787. The number of nitrogens with zero attached hydrogens (tertiary/aromatic N) is 1. The van der Waals surface area contributed by atoms with Crippen LogP contribution in [0.15, 0.2) is 0 Å². The summed E-state index contributed by atoms with van der Waals surface area (Å²) >= 11 is 1.92. The molecular weight excluding hydrogens is 134 g/mol. The number of fused-ring (bicyclic) bond motifs is 1. The first-order chi connectivity index (χ1) is 4.27. The SMILES string of the molecule is CC1CN2C(=O)C[C@@H]2S1. The first kappa shape index (κ1) is 5.59. The zero-order chi connectivity index (χ0) is 6.43. The first-order valence-corrected chi connectivity index (χ1v) is 4.16. The van der Waals surface area contributed by atoms with E-state index in [0.717, 1.165) is 13.0 Å². The summed E-state index contributed by atoms with van der Waals surface area (Å²) in [7, 11) is 0. The fourth-order valence-corrected chi connectivity index (χ4v) is 2.73. The molecule has 0 aromatic rings. The Labute approximate surface area is 58.6 Å². The van der Waals surface area contributed by atoms with Crippen LogP contribution in [0.4, 0.5) is 0 Å². The average Bonchev–Trinajstić information content (AvgIpc) is 2.08. The Hall–Kier alpha value is -0.180. The van der Waals surface area contributed by atoms with Gasteiger partial charge in [-0.2, -0.15) is 0 Å². The van der Waals surface area contributed by atoms with E-state index in [9.17, 15) is 4.79 Å². The molecule has 2 nitrogen and oxygen atoms in total. The number of carbonyl (C=O) groups excluding carboxylic acids is 1. The Morgan fingerprint density at radius 2 is 2.56 bits per heavy atom. The molecule has 0 spiro atoms. The summed E-state index contributed by atoms with van der Waals surface area (Å²) in [6.45, 7) is 3.16.